The normalized spacial score (nSPS) is 12.3. The van der Waals surface area contributed by atoms with Gasteiger partial charge in [-0.1, -0.05) is 90.9 Å². The van der Waals surface area contributed by atoms with E-state index < -0.39 is 0 Å². The van der Waals surface area contributed by atoms with Crippen LogP contribution >= 0.6 is 0 Å². The summed E-state index contributed by atoms with van der Waals surface area (Å²) in [6.07, 6.45) is 21.4. The first-order chi connectivity index (χ1) is 12.7. The van der Waals surface area contributed by atoms with Gasteiger partial charge in [-0.2, -0.15) is 0 Å². The van der Waals surface area contributed by atoms with Crippen LogP contribution in [0.4, 0.5) is 0 Å². The van der Waals surface area contributed by atoms with Crippen molar-refractivity contribution in [3.63, 3.8) is 0 Å². The van der Waals surface area contributed by atoms with E-state index in [2.05, 4.69) is 18.6 Å². The molecule has 0 spiro atoms. The van der Waals surface area contributed by atoms with E-state index in [0.29, 0.717) is 12.5 Å². The number of carbonyl (C=O) groups excluding carboxylic acids is 1. The first-order valence-electron chi connectivity index (χ1n) is 11.4. The minimum atomic E-state index is -0.0737. The van der Waals surface area contributed by atoms with Gasteiger partial charge < -0.3 is 9.47 Å². The smallest absolute Gasteiger partial charge is 0.305 e. The van der Waals surface area contributed by atoms with Crippen molar-refractivity contribution >= 4 is 5.97 Å². The average molecular weight is 371 g/mol. The fourth-order valence-electron chi connectivity index (χ4n) is 3.31. The number of hydrogen-bond acceptors (Lipinski definition) is 3. The Morgan fingerprint density at radius 2 is 1.19 bits per heavy atom. The highest BCUT2D eigenvalue weighted by molar-refractivity contribution is 5.68. The maximum absolute atomic E-state index is 11.0. The molecule has 0 rings (SSSR count). The van der Waals surface area contributed by atoms with Gasteiger partial charge in [-0.25, -0.2) is 0 Å². The molecule has 26 heavy (non-hydrogen) atoms. The Morgan fingerprint density at radius 3 is 1.73 bits per heavy atom. The van der Waals surface area contributed by atoms with Crippen LogP contribution in [-0.2, 0) is 14.3 Å². The van der Waals surface area contributed by atoms with E-state index >= 15 is 0 Å². The molecular formula is C23H46O3. The van der Waals surface area contributed by atoms with Crippen LogP contribution in [0.3, 0.4) is 0 Å². The first kappa shape index (κ1) is 25.4. The van der Waals surface area contributed by atoms with Crippen LogP contribution in [0.2, 0.25) is 0 Å². The molecule has 0 heterocycles. The maximum Gasteiger partial charge on any atom is 0.305 e. The number of ether oxygens (including phenoxy) is 2. The predicted octanol–water partition coefficient (Wildman–Crippen LogP) is 7.22. The summed E-state index contributed by atoms with van der Waals surface area (Å²) >= 11 is 0. The van der Waals surface area contributed by atoms with Gasteiger partial charge in [0, 0.05) is 13.0 Å². The summed E-state index contributed by atoms with van der Waals surface area (Å²) in [5, 5.41) is 0. The third-order valence-corrected chi connectivity index (χ3v) is 5.12. The minimum absolute atomic E-state index is 0.0737. The summed E-state index contributed by atoms with van der Waals surface area (Å²) in [6.45, 7) is 5.45. The number of unbranched alkanes of at least 4 members (excludes halogenated alkanes) is 11. The van der Waals surface area contributed by atoms with Crippen molar-refractivity contribution in [1.29, 1.82) is 0 Å². The predicted molar refractivity (Wildman–Crippen MR) is 112 cm³/mol. The molecule has 0 amide bonds. The SMILES string of the molecule is CCCCCCC(CCCCCCCCCCC(=O)OC)OCCCC. The van der Waals surface area contributed by atoms with Crippen LogP contribution < -0.4 is 0 Å². The summed E-state index contributed by atoms with van der Waals surface area (Å²) < 4.78 is 10.8. The second kappa shape index (κ2) is 20.7. The van der Waals surface area contributed by atoms with Crippen molar-refractivity contribution in [3.05, 3.63) is 0 Å². The van der Waals surface area contributed by atoms with Gasteiger partial charge in [0.05, 0.1) is 13.2 Å². The van der Waals surface area contributed by atoms with Crippen LogP contribution in [0.15, 0.2) is 0 Å². The highest BCUT2D eigenvalue weighted by Gasteiger charge is 2.08. The Balaban J connectivity index is 3.55. The highest BCUT2D eigenvalue weighted by Crippen LogP contribution is 2.17. The van der Waals surface area contributed by atoms with Crippen molar-refractivity contribution in [1.82, 2.24) is 0 Å². The van der Waals surface area contributed by atoms with E-state index in [1.807, 2.05) is 0 Å². The van der Waals surface area contributed by atoms with E-state index in [0.717, 1.165) is 19.4 Å². The van der Waals surface area contributed by atoms with Gasteiger partial charge in [0.1, 0.15) is 0 Å². The molecule has 0 aliphatic heterocycles. The minimum Gasteiger partial charge on any atom is -0.469 e. The van der Waals surface area contributed by atoms with E-state index in [1.54, 1.807) is 0 Å². The van der Waals surface area contributed by atoms with E-state index in [9.17, 15) is 4.79 Å². The standard InChI is InChI=1S/C23H46O3/c1-4-6-8-15-18-22(26-21-7-5-2)19-16-13-11-9-10-12-14-17-20-23(24)25-3/h22H,4-21H2,1-3H3. The molecule has 3 nitrogen and oxygen atoms in total. The number of hydrogen-bond donors (Lipinski definition) is 0. The van der Waals surface area contributed by atoms with Crippen molar-refractivity contribution < 1.29 is 14.3 Å². The Bertz CT molecular complexity index is 291. The molecule has 0 aromatic rings. The lowest BCUT2D eigenvalue weighted by Crippen LogP contribution is -2.14. The summed E-state index contributed by atoms with van der Waals surface area (Å²) in [5.74, 6) is -0.0737. The zero-order valence-electron chi connectivity index (χ0n) is 18.0. The van der Waals surface area contributed by atoms with Crippen LogP contribution in [0.25, 0.3) is 0 Å². The zero-order chi connectivity index (χ0) is 19.3. The summed E-state index contributed by atoms with van der Waals surface area (Å²) in [5.41, 5.74) is 0. The van der Waals surface area contributed by atoms with Crippen LogP contribution in [0, 0.1) is 0 Å². The van der Waals surface area contributed by atoms with Crippen molar-refractivity contribution in [2.24, 2.45) is 0 Å². The Hall–Kier alpha value is -0.570. The Labute approximate surface area is 163 Å². The lowest BCUT2D eigenvalue weighted by molar-refractivity contribution is -0.140. The molecule has 0 aliphatic rings. The molecule has 1 unspecified atom stereocenters. The fraction of sp³-hybridized carbons (Fsp3) is 0.957. The van der Waals surface area contributed by atoms with Gasteiger partial charge in [0.25, 0.3) is 0 Å². The lowest BCUT2D eigenvalue weighted by atomic mass is 10.0. The van der Waals surface area contributed by atoms with Crippen LogP contribution in [0.5, 0.6) is 0 Å². The molecule has 0 aromatic carbocycles. The molecule has 1 atom stereocenters. The molecule has 0 N–H and O–H groups in total. The quantitative estimate of drug-likeness (QED) is 0.168. The number of rotatable bonds is 20. The van der Waals surface area contributed by atoms with Crippen molar-refractivity contribution in [3.8, 4) is 0 Å². The first-order valence-corrected chi connectivity index (χ1v) is 11.4. The molecule has 0 saturated heterocycles. The molecule has 156 valence electrons. The van der Waals surface area contributed by atoms with Gasteiger partial charge in [-0.3, -0.25) is 4.79 Å². The molecule has 0 bridgehead atoms. The fourth-order valence-corrected chi connectivity index (χ4v) is 3.31. The molecule has 0 aliphatic carbocycles. The van der Waals surface area contributed by atoms with E-state index in [1.165, 1.54) is 97.0 Å². The second-order valence-corrected chi connectivity index (χ2v) is 7.64. The summed E-state index contributed by atoms with van der Waals surface area (Å²) in [4.78, 5) is 11.0. The van der Waals surface area contributed by atoms with Gasteiger partial charge >= 0.3 is 5.97 Å². The largest absolute Gasteiger partial charge is 0.469 e. The summed E-state index contributed by atoms with van der Waals surface area (Å²) in [6, 6.07) is 0. The number of carbonyl (C=O) groups is 1. The zero-order valence-corrected chi connectivity index (χ0v) is 18.0. The number of esters is 1. The molecule has 0 saturated carbocycles. The van der Waals surface area contributed by atoms with Crippen LogP contribution in [-0.4, -0.2) is 25.8 Å². The van der Waals surface area contributed by atoms with Crippen molar-refractivity contribution in [2.75, 3.05) is 13.7 Å². The average Bonchev–Trinajstić information content (AvgIpc) is 2.65. The van der Waals surface area contributed by atoms with Crippen LogP contribution in [0.1, 0.15) is 123 Å². The molecule has 3 heteroatoms. The molecular weight excluding hydrogens is 324 g/mol. The third-order valence-electron chi connectivity index (χ3n) is 5.12. The Kier molecular flexibility index (Phi) is 20.3. The molecule has 0 fully saturated rings. The monoisotopic (exact) mass is 370 g/mol. The Morgan fingerprint density at radius 1 is 0.692 bits per heavy atom. The maximum atomic E-state index is 11.0. The van der Waals surface area contributed by atoms with E-state index in [-0.39, 0.29) is 5.97 Å². The summed E-state index contributed by atoms with van der Waals surface area (Å²) in [7, 11) is 1.47. The lowest BCUT2D eigenvalue weighted by Gasteiger charge is -2.18. The van der Waals surface area contributed by atoms with Gasteiger partial charge in [0.15, 0.2) is 0 Å². The second-order valence-electron chi connectivity index (χ2n) is 7.64. The molecule has 0 aromatic heterocycles. The van der Waals surface area contributed by atoms with Gasteiger partial charge in [-0.15, -0.1) is 0 Å². The van der Waals surface area contributed by atoms with E-state index in [4.69, 9.17) is 4.74 Å². The van der Waals surface area contributed by atoms with Gasteiger partial charge in [0.2, 0.25) is 0 Å². The molecule has 0 radical (unpaired) electrons. The highest BCUT2D eigenvalue weighted by atomic mass is 16.5. The number of methoxy groups -OCH3 is 1. The van der Waals surface area contributed by atoms with Crippen molar-refractivity contribution in [2.45, 2.75) is 129 Å². The van der Waals surface area contributed by atoms with Gasteiger partial charge in [-0.05, 0) is 25.7 Å². The topological polar surface area (TPSA) is 35.5 Å². The third kappa shape index (κ3) is 18.2.